The highest BCUT2D eigenvalue weighted by Crippen LogP contribution is 2.21. The van der Waals surface area contributed by atoms with Crippen LogP contribution in [0.25, 0.3) is 0 Å². The van der Waals surface area contributed by atoms with Crippen molar-refractivity contribution in [1.82, 2.24) is 15.2 Å². The lowest BCUT2D eigenvalue weighted by Gasteiger charge is -2.37. The van der Waals surface area contributed by atoms with E-state index in [1.54, 1.807) is 13.3 Å². The summed E-state index contributed by atoms with van der Waals surface area (Å²) < 4.78 is 5.29. The van der Waals surface area contributed by atoms with Crippen LogP contribution in [0.3, 0.4) is 0 Å². The normalized spacial score (nSPS) is 23.0. The lowest BCUT2D eigenvalue weighted by Crippen LogP contribution is -2.48. The number of guanidine groups is 1. The third-order valence-electron chi connectivity index (χ3n) is 3.86. The van der Waals surface area contributed by atoms with E-state index in [4.69, 9.17) is 4.74 Å². The summed E-state index contributed by atoms with van der Waals surface area (Å²) in [6, 6.07) is 3.95. The van der Waals surface area contributed by atoms with Gasteiger partial charge in [-0.05, 0) is 24.3 Å². The Morgan fingerprint density at radius 3 is 2.76 bits per heavy atom. The molecule has 1 aromatic heterocycles. The number of aromatic nitrogens is 1. The summed E-state index contributed by atoms with van der Waals surface area (Å²) in [4.78, 5) is 11.0. The molecule has 0 amide bonds. The van der Waals surface area contributed by atoms with Crippen LogP contribution in [0.2, 0.25) is 0 Å². The van der Waals surface area contributed by atoms with Crippen molar-refractivity contribution in [3.05, 3.63) is 23.9 Å². The third-order valence-corrected chi connectivity index (χ3v) is 3.86. The van der Waals surface area contributed by atoms with E-state index in [1.807, 2.05) is 19.2 Å². The molecular formula is C16H26N4O. The van der Waals surface area contributed by atoms with Crippen LogP contribution in [0.4, 0.5) is 0 Å². The van der Waals surface area contributed by atoms with E-state index in [-0.39, 0.29) is 0 Å². The second kappa shape index (κ2) is 7.29. The summed E-state index contributed by atoms with van der Waals surface area (Å²) in [6.45, 7) is 7.41. The summed E-state index contributed by atoms with van der Waals surface area (Å²) >= 11 is 0. The highest BCUT2D eigenvalue weighted by molar-refractivity contribution is 5.80. The second-order valence-corrected chi connectivity index (χ2v) is 5.92. The molecular weight excluding hydrogens is 264 g/mol. The molecule has 2 rings (SSSR count). The summed E-state index contributed by atoms with van der Waals surface area (Å²) in [5.74, 6) is 3.04. The number of methoxy groups -OCH3 is 1. The van der Waals surface area contributed by atoms with Crippen molar-refractivity contribution in [3.63, 3.8) is 0 Å². The second-order valence-electron chi connectivity index (χ2n) is 5.92. The van der Waals surface area contributed by atoms with Crippen molar-refractivity contribution < 1.29 is 4.74 Å². The molecule has 1 fully saturated rings. The first kappa shape index (κ1) is 15.6. The summed E-state index contributed by atoms with van der Waals surface area (Å²) in [5.41, 5.74) is 1.04. The average Bonchev–Trinajstić information content (AvgIpc) is 2.47. The van der Waals surface area contributed by atoms with Gasteiger partial charge < -0.3 is 15.0 Å². The van der Waals surface area contributed by atoms with Crippen molar-refractivity contribution in [2.45, 2.75) is 26.8 Å². The van der Waals surface area contributed by atoms with Crippen LogP contribution in [0.15, 0.2) is 23.3 Å². The van der Waals surface area contributed by atoms with Gasteiger partial charge in [-0.1, -0.05) is 19.9 Å². The molecule has 1 aliphatic heterocycles. The molecule has 0 spiro atoms. The number of rotatable bonds is 3. The van der Waals surface area contributed by atoms with Gasteiger partial charge in [0.1, 0.15) is 0 Å². The van der Waals surface area contributed by atoms with Gasteiger partial charge in [-0.3, -0.25) is 4.99 Å². The Morgan fingerprint density at radius 1 is 1.43 bits per heavy atom. The number of nitrogens with one attached hydrogen (secondary N) is 1. The van der Waals surface area contributed by atoms with Crippen LogP contribution in [0, 0.1) is 11.8 Å². The fourth-order valence-electron chi connectivity index (χ4n) is 3.08. The molecule has 2 atom stereocenters. The lowest BCUT2D eigenvalue weighted by atomic mass is 9.92. The van der Waals surface area contributed by atoms with Crippen LogP contribution in [0.1, 0.15) is 25.8 Å². The number of likely N-dealkylation sites (tertiary alicyclic amines) is 1. The minimum atomic E-state index is 0.667. The summed E-state index contributed by atoms with van der Waals surface area (Å²) in [6.07, 6.45) is 3.04. The zero-order chi connectivity index (χ0) is 15.2. The predicted molar refractivity (Wildman–Crippen MR) is 85.5 cm³/mol. The van der Waals surface area contributed by atoms with Gasteiger partial charge in [-0.15, -0.1) is 0 Å². The van der Waals surface area contributed by atoms with E-state index in [0.29, 0.717) is 24.3 Å². The standard InChI is InChI=1S/C16H26N4O/c1-12-8-13(2)11-20(10-12)16(17-3)19-9-14-6-5-7-18-15(14)21-4/h5-7,12-13H,8-11H2,1-4H3,(H,17,19). The van der Waals surface area contributed by atoms with Gasteiger partial charge in [-0.25, -0.2) is 4.98 Å². The van der Waals surface area contributed by atoms with Crippen LogP contribution < -0.4 is 10.1 Å². The highest BCUT2D eigenvalue weighted by atomic mass is 16.5. The monoisotopic (exact) mass is 290 g/mol. The van der Waals surface area contributed by atoms with Gasteiger partial charge in [0.15, 0.2) is 5.96 Å². The lowest BCUT2D eigenvalue weighted by molar-refractivity contribution is 0.208. The Balaban J connectivity index is 2.00. The number of hydrogen-bond acceptors (Lipinski definition) is 3. The van der Waals surface area contributed by atoms with Crippen molar-refractivity contribution in [3.8, 4) is 5.88 Å². The van der Waals surface area contributed by atoms with Crippen molar-refractivity contribution in [2.75, 3.05) is 27.2 Å². The number of pyridine rings is 1. The molecule has 0 aromatic carbocycles. The Hall–Kier alpha value is -1.78. The van der Waals surface area contributed by atoms with Gasteiger partial charge in [0, 0.05) is 38.4 Å². The fourth-order valence-corrected chi connectivity index (χ4v) is 3.08. The number of hydrogen-bond donors (Lipinski definition) is 1. The Morgan fingerprint density at radius 2 is 2.14 bits per heavy atom. The van der Waals surface area contributed by atoms with Gasteiger partial charge in [0.25, 0.3) is 0 Å². The van der Waals surface area contributed by atoms with Crippen molar-refractivity contribution >= 4 is 5.96 Å². The number of piperidine rings is 1. The Bertz CT molecular complexity index is 479. The predicted octanol–water partition coefficient (Wildman–Crippen LogP) is 2.14. The quantitative estimate of drug-likeness (QED) is 0.684. The zero-order valence-corrected chi connectivity index (χ0v) is 13.5. The zero-order valence-electron chi connectivity index (χ0n) is 13.5. The first-order valence-corrected chi connectivity index (χ1v) is 7.57. The molecule has 5 nitrogen and oxygen atoms in total. The van der Waals surface area contributed by atoms with Crippen molar-refractivity contribution in [2.24, 2.45) is 16.8 Å². The van der Waals surface area contributed by atoms with Gasteiger partial charge in [0.05, 0.1) is 7.11 Å². The van der Waals surface area contributed by atoms with E-state index in [0.717, 1.165) is 24.6 Å². The van der Waals surface area contributed by atoms with Crippen LogP contribution in [-0.2, 0) is 6.54 Å². The Kier molecular flexibility index (Phi) is 5.42. The van der Waals surface area contributed by atoms with Crippen LogP contribution in [0.5, 0.6) is 5.88 Å². The first-order chi connectivity index (χ1) is 10.1. The smallest absolute Gasteiger partial charge is 0.218 e. The molecule has 5 heteroatoms. The number of nitrogens with zero attached hydrogens (tertiary/aromatic N) is 3. The molecule has 1 N–H and O–H groups in total. The average molecular weight is 290 g/mol. The van der Waals surface area contributed by atoms with Crippen LogP contribution in [-0.4, -0.2) is 43.1 Å². The molecule has 0 saturated carbocycles. The summed E-state index contributed by atoms with van der Waals surface area (Å²) in [7, 11) is 3.49. The van der Waals surface area contributed by atoms with E-state index in [1.165, 1.54) is 6.42 Å². The molecule has 1 aromatic rings. The molecule has 0 radical (unpaired) electrons. The fraction of sp³-hybridized carbons (Fsp3) is 0.625. The van der Waals surface area contributed by atoms with Crippen LogP contribution >= 0.6 is 0 Å². The van der Waals surface area contributed by atoms with Crippen molar-refractivity contribution in [1.29, 1.82) is 0 Å². The molecule has 2 heterocycles. The Labute approximate surface area is 127 Å². The molecule has 0 aliphatic carbocycles. The maximum Gasteiger partial charge on any atom is 0.218 e. The highest BCUT2D eigenvalue weighted by Gasteiger charge is 2.24. The van der Waals surface area contributed by atoms with Gasteiger partial charge >= 0.3 is 0 Å². The largest absolute Gasteiger partial charge is 0.481 e. The van der Waals surface area contributed by atoms with Gasteiger partial charge in [0.2, 0.25) is 5.88 Å². The van der Waals surface area contributed by atoms with Gasteiger partial charge in [-0.2, -0.15) is 0 Å². The minimum absolute atomic E-state index is 0.667. The SMILES string of the molecule is CN=C(NCc1cccnc1OC)N1CC(C)CC(C)C1. The maximum atomic E-state index is 5.29. The third kappa shape index (κ3) is 4.09. The first-order valence-electron chi connectivity index (χ1n) is 7.57. The van der Waals surface area contributed by atoms with E-state index < -0.39 is 0 Å². The molecule has 0 bridgehead atoms. The van der Waals surface area contributed by atoms with E-state index in [2.05, 4.69) is 34.0 Å². The molecule has 116 valence electrons. The summed E-state index contributed by atoms with van der Waals surface area (Å²) in [5, 5.41) is 3.43. The topological polar surface area (TPSA) is 49.8 Å². The molecule has 1 aliphatic rings. The molecule has 21 heavy (non-hydrogen) atoms. The minimum Gasteiger partial charge on any atom is -0.481 e. The maximum absolute atomic E-state index is 5.29. The van der Waals surface area contributed by atoms with E-state index in [9.17, 15) is 0 Å². The number of ether oxygens (including phenoxy) is 1. The van der Waals surface area contributed by atoms with E-state index >= 15 is 0 Å². The molecule has 1 saturated heterocycles. The molecule has 2 unspecified atom stereocenters. The number of aliphatic imine (C=N–C) groups is 1.